The Morgan fingerprint density at radius 2 is 2.00 bits per heavy atom. The molecule has 0 aliphatic rings. The molecule has 5 nitrogen and oxygen atoms in total. The summed E-state index contributed by atoms with van der Waals surface area (Å²) >= 11 is 11.8. The van der Waals surface area contributed by atoms with Gasteiger partial charge in [0.25, 0.3) is 5.91 Å². The van der Waals surface area contributed by atoms with Gasteiger partial charge in [0.1, 0.15) is 10.8 Å². The first-order valence-electron chi connectivity index (χ1n) is 5.94. The summed E-state index contributed by atoms with van der Waals surface area (Å²) in [5.41, 5.74) is 0. The summed E-state index contributed by atoms with van der Waals surface area (Å²) in [6, 6.07) is 4.37. The third kappa shape index (κ3) is 4.90. The highest BCUT2D eigenvalue weighted by Gasteiger charge is 2.19. The minimum Gasteiger partial charge on any atom is -0.481 e. The number of halogens is 2. The smallest absolute Gasteiger partial charge is 0.305 e. The van der Waals surface area contributed by atoms with E-state index in [1.54, 1.807) is 32.0 Å². The number of ether oxygens (including phenoxy) is 1. The summed E-state index contributed by atoms with van der Waals surface area (Å²) in [5, 5.41) is 11.7. The molecule has 0 heterocycles. The van der Waals surface area contributed by atoms with E-state index in [1.807, 2.05) is 0 Å². The number of hydrogen-bond donors (Lipinski definition) is 2. The molecule has 2 atom stereocenters. The van der Waals surface area contributed by atoms with E-state index in [0.717, 1.165) is 0 Å². The van der Waals surface area contributed by atoms with Crippen molar-refractivity contribution in [2.75, 3.05) is 0 Å². The lowest BCUT2D eigenvalue weighted by Gasteiger charge is -2.18. The van der Waals surface area contributed by atoms with Gasteiger partial charge >= 0.3 is 5.97 Å². The maximum atomic E-state index is 11.8. The molecule has 7 heteroatoms. The van der Waals surface area contributed by atoms with E-state index < -0.39 is 24.0 Å². The number of carboxylic acids is 1. The van der Waals surface area contributed by atoms with Crippen LogP contribution in [0.5, 0.6) is 5.75 Å². The summed E-state index contributed by atoms with van der Waals surface area (Å²) in [5.74, 6) is -1.10. The van der Waals surface area contributed by atoms with Gasteiger partial charge in [-0.05, 0) is 26.0 Å². The van der Waals surface area contributed by atoms with E-state index in [9.17, 15) is 9.59 Å². The van der Waals surface area contributed by atoms with Crippen molar-refractivity contribution in [3.05, 3.63) is 28.2 Å². The molecule has 0 aromatic heterocycles. The van der Waals surface area contributed by atoms with E-state index in [4.69, 9.17) is 33.0 Å². The molecule has 0 saturated carbocycles. The largest absolute Gasteiger partial charge is 0.481 e. The zero-order valence-electron chi connectivity index (χ0n) is 11.0. The van der Waals surface area contributed by atoms with Gasteiger partial charge in [-0.2, -0.15) is 0 Å². The van der Waals surface area contributed by atoms with Crippen LogP contribution in [0.15, 0.2) is 18.2 Å². The number of nitrogens with one attached hydrogen (secondary N) is 1. The molecule has 0 aliphatic carbocycles. The third-order valence-corrected chi connectivity index (χ3v) is 3.26. The van der Waals surface area contributed by atoms with Crippen molar-refractivity contribution in [2.45, 2.75) is 32.4 Å². The van der Waals surface area contributed by atoms with Crippen molar-refractivity contribution in [1.29, 1.82) is 0 Å². The van der Waals surface area contributed by atoms with Crippen molar-refractivity contribution in [1.82, 2.24) is 5.32 Å². The van der Waals surface area contributed by atoms with E-state index in [2.05, 4.69) is 5.32 Å². The Bertz CT molecular complexity index is 507. The lowest BCUT2D eigenvalue weighted by Crippen LogP contribution is -2.42. The Morgan fingerprint density at radius 3 is 2.60 bits per heavy atom. The van der Waals surface area contributed by atoms with Crippen molar-refractivity contribution < 1.29 is 19.4 Å². The second kappa shape index (κ2) is 7.36. The molecule has 1 aromatic carbocycles. The van der Waals surface area contributed by atoms with Gasteiger partial charge in [-0.1, -0.05) is 29.3 Å². The average molecular weight is 320 g/mol. The highest BCUT2D eigenvalue weighted by atomic mass is 35.5. The van der Waals surface area contributed by atoms with Gasteiger partial charge in [0, 0.05) is 6.04 Å². The van der Waals surface area contributed by atoms with Crippen LogP contribution in [0.3, 0.4) is 0 Å². The quantitative estimate of drug-likeness (QED) is 0.845. The number of rotatable bonds is 6. The van der Waals surface area contributed by atoms with Gasteiger partial charge in [0.15, 0.2) is 6.10 Å². The van der Waals surface area contributed by atoms with Crippen LogP contribution in [0.25, 0.3) is 0 Å². The van der Waals surface area contributed by atoms with Crippen LogP contribution in [0.2, 0.25) is 10.0 Å². The molecule has 1 aromatic rings. The molecule has 1 amide bonds. The molecule has 0 radical (unpaired) electrons. The number of aliphatic carboxylic acids is 1. The Kier molecular flexibility index (Phi) is 6.10. The topological polar surface area (TPSA) is 75.6 Å². The van der Waals surface area contributed by atoms with Crippen LogP contribution in [0, 0.1) is 0 Å². The van der Waals surface area contributed by atoms with Crippen LogP contribution in [0.1, 0.15) is 20.3 Å². The lowest BCUT2D eigenvalue weighted by molar-refractivity contribution is -0.137. The molecular formula is C13H15Cl2NO4. The van der Waals surface area contributed by atoms with Crippen LogP contribution in [0.4, 0.5) is 0 Å². The van der Waals surface area contributed by atoms with Gasteiger partial charge in [0.05, 0.1) is 11.4 Å². The highest BCUT2D eigenvalue weighted by molar-refractivity contribution is 6.42. The fourth-order valence-corrected chi connectivity index (χ4v) is 1.83. The molecule has 0 saturated heterocycles. The molecule has 0 bridgehead atoms. The van der Waals surface area contributed by atoms with Crippen LogP contribution in [-0.2, 0) is 9.59 Å². The molecule has 0 fully saturated rings. The second-order valence-corrected chi connectivity index (χ2v) is 5.10. The number of benzene rings is 1. The first kappa shape index (κ1) is 16.6. The van der Waals surface area contributed by atoms with Crippen LogP contribution < -0.4 is 10.1 Å². The van der Waals surface area contributed by atoms with Gasteiger partial charge in [-0.15, -0.1) is 0 Å². The van der Waals surface area contributed by atoms with Gasteiger partial charge in [-0.3, -0.25) is 9.59 Å². The average Bonchev–Trinajstić information content (AvgIpc) is 2.33. The summed E-state index contributed by atoms with van der Waals surface area (Å²) in [4.78, 5) is 22.3. The van der Waals surface area contributed by atoms with E-state index in [-0.39, 0.29) is 11.4 Å². The Hall–Kier alpha value is -1.46. The first-order valence-corrected chi connectivity index (χ1v) is 6.69. The summed E-state index contributed by atoms with van der Waals surface area (Å²) in [7, 11) is 0. The maximum Gasteiger partial charge on any atom is 0.305 e. The number of hydrogen-bond acceptors (Lipinski definition) is 3. The van der Waals surface area contributed by atoms with E-state index >= 15 is 0 Å². The van der Waals surface area contributed by atoms with E-state index in [0.29, 0.717) is 10.8 Å². The maximum absolute atomic E-state index is 11.8. The highest BCUT2D eigenvalue weighted by Crippen LogP contribution is 2.32. The molecule has 2 unspecified atom stereocenters. The van der Waals surface area contributed by atoms with Crippen LogP contribution in [-0.4, -0.2) is 29.1 Å². The van der Waals surface area contributed by atoms with Gasteiger partial charge in [0.2, 0.25) is 0 Å². The molecule has 20 heavy (non-hydrogen) atoms. The predicted octanol–water partition coefficient (Wildman–Crippen LogP) is 2.74. The molecule has 110 valence electrons. The van der Waals surface area contributed by atoms with Crippen molar-refractivity contribution in [3.8, 4) is 5.75 Å². The Morgan fingerprint density at radius 1 is 1.35 bits per heavy atom. The Balaban J connectivity index is 2.62. The molecular weight excluding hydrogens is 305 g/mol. The number of carbonyl (C=O) groups excluding carboxylic acids is 1. The minimum atomic E-state index is -0.982. The van der Waals surface area contributed by atoms with Crippen molar-refractivity contribution >= 4 is 35.1 Å². The third-order valence-electron chi connectivity index (χ3n) is 2.46. The molecule has 0 aliphatic heterocycles. The molecule has 0 spiro atoms. The molecule has 1 rings (SSSR count). The fourth-order valence-electron chi connectivity index (χ4n) is 1.49. The Labute approximate surface area is 126 Å². The summed E-state index contributed by atoms with van der Waals surface area (Å²) < 4.78 is 5.42. The van der Waals surface area contributed by atoms with Gasteiger partial charge in [-0.25, -0.2) is 0 Å². The lowest BCUT2D eigenvalue weighted by atomic mass is 10.2. The second-order valence-electron chi connectivity index (χ2n) is 4.32. The molecule has 2 N–H and O–H groups in total. The summed E-state index contributed by atoms with van der Waals surface area (Å²) in [6.45, 7) is 3.14. The standard InChI is InChI=1S/C13H15Cl2NO4/c1-7(6-11(17)18)16-13(19)8(2)20-10-5-3-4-9(14)12(10)15/h3-5,7-8H,6H2,1-2H3,(H,16,19)(H,17,18). The fraction of sp³-hybridized carbons (Fsp3) is 0.385. The minimum absolute atomic E-state index is 0.156. The number of amides is 1. The predicted molar refractivity (Wildman–Crippen MR) is 76.4 cm³/mol. The zero-order valence-corrected chi connectivity index (χ0v) is 12.5. The number of carbonyl (C=O) groups is 2. The SMILES string of the molecule is CC(CC(=O)O)NC(=O)C(C)Oc1cccc(Cl)c1Cl. The zero-order chi connectivity index (χ0) is 15.3. The first-order chi connectivity index (χ1) is 9.31. The van der Waals surface area contributed by atoms with Gasteiger partial charge < -0.3 is 15.2 Å². The van der Waals surface area contributed by atoms with Crippen molar-refractivity contribution in [2.24, 2.45) is 0 Å². The van der Waals surface area contributed by atoms with Crippen molar-refractivity contribution in [3.63, 3.8) is 0 Å². The van der Waals surface area contributed by atoms with Crippen LogP contribution >= 0.6 is 23.2 Å². The number of carboxylic acid groups (broad SMARTS) is 1. The normalized spacial score (nSPS) is 13.4. The van der Waals surface area contributed by atoms with E-state index in [1.165, 1.54) is 0 Å². The summed E-state index contributed by atoms with van der Waals surface area (Å²) in [6.07, 6.45) is -0.974. The monoisotopic (exact) mass is 319 g/mol.